The molecule has 24 heavy (non-hydrogen) atoms. The average Bonchev–Trinajstić information content (AvgIpc) is 2.61. The summed E-state index contributed by atoms with van der Waals surface area (Å²) in [4.78, 5) is 22.4. The van der Waals surface area contributed by atoms with Gasteiger partial charge in [-0.2, -0.15) is 0 Å². The molecular formula is C16H13Cl2NO5. The number of carboxylic acid groups (broad SMARTS) is 1. The minimum Gasteiger partial charge on any atom is -0.508 e. The Morgan fingerprint density at radius 1 is 1.21 bits per heavy atom. The van der Waals surface area contributed by atoms with E-state index in [1.165, 1.54) is 12.1 Å². The maximum Gasteiger partial charge on any atom is 0.341 e. The van der Waals surface area contributed by atoms with Gasteiger partial charge in [0.1, 0.15) is 5.75 Å². The van der Waals surface area contributed by atoms with Gasteiger partial charge in [-0.05, 0) is 11.6 Å². The highest BCUT2D eigenvalue weighted by Gasteiger charge is 2.13. The summed E-state index contributed by atoms with van der Waals surface area (Å²) in [6.45, 7) is -0.886. The van der Waals surface area contributed by atoms with Gasteiger partial charge in [0.05, 0.1) is 27.6 Å². The summed E-state index contributed by atoms with van der Waals surface area (Å²) in [5.41, 5.74) is -0.305. The highest BCUT2D eigenvalue weighted by molar-refractivity contribution is 6.39. The second-order valence-electron chi connectivity index (χ2n) is 4.49. The van der Waals surface area contributed by atoms with E-state index in [2.05, 4.69) is 10.1 Å². The van der Waals surface area contributed by atoms with Gasteiger partial charge < -0.3 is 20.3 Å². The maximum absolute atomic E-state index is 11.9. The lowest BCUT2D eigenvalue weighted by atomic mass is 10.1. The summed E-state index contributed by atoms with van der Waals surface area (Å²) in [5.74, 6) is -2.59. The molecule has 126 valence electrons. The number of carboxylic acids is 1. The zero-order chi connectivity index (χ0) is 21.2. The fourth-order valence-electron chi connectivity index (χ4n) is 1.72. The fourth-order valence-corrected chi connectivity index (χ4v) is 2.29. The molecule has 0 bridgehead atoms. The zero-order valence-corrected chi connectivity index (χ0v) is 13.5. The lowest BCUT2D eigenvalue weighted by molar-refractivity contribution is -0.154. The number of ether oxygens (including phenoxy) is 1. The quantitative estimate of drug-likeness (QED) is 0.528. The third-order valence-corrected chi connectivity index (χ3v) is 3.32. The van der Waals surface area contributed by atoms with E-state index in [1.807, 2.05) is 0 Å². The summed E-state index contributed by atoms with van der Waals surface area (Å²) in [6.07, 6.45) is -0.625. The van der Waals surface area contributed by atoms with Gasteiger partial charge in [-0.15, -0.1) is 0 Å². The number of aliphatic carboxylic acids is 1. The average molecular weight is 374 g/mol. The molecule has 0 aromatic heterocycles. The van der Waals surface area contributed by atoms with Crippen LogP contribution in [0.1, 0.15) is 11.0 Å². The van der Waals surface area contributed by atoms with Crippen molar-refractivity contribution in [1.29, 1.82) is 0 Å². The Balaban J connectivity index is 2.54. The molecule has 2 aromatic rings. The maximum atomic E-state index is 11.9. The number of esters is 1. The van der Waals surface area contributed by atoms with Crippen LogP contribution in [0.25, 0.3) is 0 Å². The summed E-state index contributed by atoms with van der Waals surface area (Å²) >= 11 is 12.1. The monoisotopic (exact) mass is 373 g/mol. The number of nitrogens with one attached hydrogen (secondary N) is 1. The number of para-hydroxylation sites is 1. The Bertz CT molecular complexity index is 948. The lowest BCUT2D eigenvalue weighted by Crippen LogP contribution is -2.15. The number of rotatable bonds is 6. The van der Waals surface area contributed by atoms with Crippen LogP contribution in [0.5, 0.6) is 5.75 Å². The Hall–Kier alpha value is -2.44. The molecular weight excluding hydrogens is 357 g/mol. The Kier molecular flexibility index (Phi) is 4.25. The second-order valence-corrected chi connectivity index (χ2v) is 5.31. The molecule has 0 radical (unpaired) electrons. The number of aromatic hydroxyl groups is 1. The second kappa shape index (κ2) is 7.90. The molecule has 6 nitrogen and oxygen atoms in total. The molecule has 2 rings (SSSR count). The van der Waals surface area contributed by atoms with E-state index in [4.69, 9.17) is 33.8 Å². The van der Waals surface area contributed by atoms with Gasteiger partial charge in [-0.3, -0.25) is 4.79 Å². The Morgan fingerprint density at radius 3 is 2.46 bits per heavy atom. The van der Waals surface area contributed by atoms with E-state index < -0.39 is 49.1 Å². The first-order valence-corrected chi connectivity index (χ1v) is 7.20. The van der Waals surface area contributed by atoms with Crippen molar-refractivity contribution < 1.29 is 30.0 Å². The summed E-state index contributed by atoms with van der Waals surface area (Å²) < 4.78 is 36.2. The molecule has 0 heterocycles. The van der Waals surface area contributed by atoms with Crippen molar-refractivity contribution in [3.8, 4) is 5.75 Å². The molecule has 0 spiro atoms. The Morgan fingerprint density at radius 2 is 1.83 bits per heavy atom. The van der Waals surface area contributed by atoms with Crippen LogP contribution in [-0.2, 0) is 20.7 Å². The van der Waals surface area contributed by atoms with Gasteiger partial charge in [0, 0.05) is 17.8 Å². The number of benzene rings is 2. The van der Waals surface area contributed by atoms with Crippen LogP contribution in [0.3, 0.4) is 0 Å². The smallest absolute Gasteiger partial charge is 0.341 e. The van der Waals surface area contributed by atoms with Crippen LogP contribution >= 0.6 is 23.2 Å². The first-order valence-electron chi connectivity index (χ1n) is 8.44. The number of phenolic OH excluding ortho intramolecular Hbond substituents is 1. The summed E-state index contributed by atoms with van der Waals surface area (Å²) in [7, 11) is 0. The summed E-state index contributed by atoms with van der Waals surface area (Å²) in [6, 6.07) is 0.175. The minimum absolute atomic E-state index is 0.0307. The fraction of sp³-hybridized carbons (Fsp3) is 0.125. The first kappa shape index (κ1) is 12.9. The number of halogens is 2. The van der Waals surface area contributed by atoms with E-state index in [0.717, 1.165) is 0 Å². The molecule has 0 atom stereocenters. The zero-order valence-electron chi connectivity index (χ0n) is 15.9. The van der Waals surface area contributed by atoms with E-state index in [1.54, 1.807) is 0 Å². The van der Waals surface area contributed by atoms with Crippen molar-refractivity contribution in [3.63, 3.8) is 0 Å². The van der Waals surface area contributed by atoms with Crippen molar-refractivity contribution in [1.82, 2.24) is 0 Å². The minimum atomic E-state index is -1.37. The number of phenols is 1. The van der Waals surface area contributed by atoms with Crippen LogP contribution in [0.2, 0.25) is 10.0 Å². The van der Waals surface area contributed by atoms with Crippen molar-refractivity contribution in [3.05, 3.63) is 51.9 Å². The number of hydrogen-bond acceptors (Lipinski definition) is 5. The molecule has 0 aliphatic rings. The number of hydrogen-bond donors (Lipinski definition) is 3. The van der Waals surface area contributed by atoms with Gasteiger partial charge in [0.2, 0.25) is 0 Å². The van der Waals surface area contributed by atoms with E-state index in [9.17, 15) is 14.7 Å². The topological polar surface area (TPSA) is 95.9 Å². The van der Waals surface area contributed by atoms with Crippen molar-refractivity contribution in [2.45, 2.75) is 6.42 Å². The van der Waals surface area contributed by atoms with Crippen LogP contribution in [0.15, 0.2) is 36.3 Å². The predicted molar refractivity (Wildman–Crippen MR) is 90.2 cm³/mol. The molecule has 8 heteroatoms. The Labute approximate surface area is 153 Å². The molecule has 2 aromatic carbocycles. The van der Waals surface area contributed by atoms with E-state index >= 15 is 0 Å². The lowest BCUT2D eigenvalue weighted by Gasteiger charge is -2.14. The van der Waals surface area contributed by atoms with Crippen LogP contribution < -0.4 is 5.32 Å². The first-order chi connectivity index (χ1) is 13.0. The van der Waals surface area contributed by atoms with Crippen molar-refractivity contribution in [2.24, 2.45) is 0 Å². The number of carbonyl (C=O) groups excluding carboxylic acids is 1. The molecule has 0 aliphatic heterocycles. The number of carbonyl (C=O) groups is 2. The van der Waals surface area contributed by atoms with E-state index in [0.29, 0.717) is 0 Å². The molecule has 3 N–H and O–H groups in total. The highest BCUT2D eigenvalue weighted by Crippen LogP contribution is 2.37. The van der Waals surface area contributed by atoms with Crippen LogP contribution in [-0.4, -0.2) is 28.8 Å². The molecule has 0 unspecified atom stereocenters. The van der Waals surface area contributed by atoms with Crippen molar-refractivity contribution in [2.75, 3.05) is 11.9 Å². The molecule has 0 saturated carbocycles. The third-order valence-electron chi connectivity index (χ3n) is 2.72. The van der Waals surface area contributed by atoms with Crippen LogP contribution in [0.4, 0.5) is 11.4 Å². The van der Waals surface area contributed by atoms with Gasteiger partial charge in [0.15, 0.2) is 6.61 Å². The standard InChI is InChI=1S/C16H13Cl2NO5/c17-11-6-10(20)7-12(18)16(11)19-13-4-2-1-3-9(13)5-15(23)24-8-14(21)22/h1-4,6-7,19-20H,5,8H2,(H,21,22)/i1D,2D,3D,4D. The van der Waals surface area contributed by atoms with Gasteiger partial charge in [-0.1, -0.05) is 41.3 Å². The molecule has 0 aliphatic carbocycles. The third kappa shape index (κ3) is 4.78. The summed E-state index contributed by atoms with van der Waals surface area (Å²) in [5, 5.41) is 20.7. The highest BCUT2D eigenvalue weighted by atomic mass is 35.5. The predicted octanol–water partition coefficient (Wildman–Crippen LogP) is 3.61. The van der Waals surface area contributed by atoms with Crippen LogP contribution in [0, 0.1) is 0 Å². The van der Waals surface area contributed by atoms with Gasteiger partial charge >= 0.3 is 11.9 Å². The van der Waals surface area contributed by atoms with Gasteiger partial charge in [-0.25, -0.2) is 4.79 Å². The SMILES string of the molecule is [2H]c1c([2H])c([2H])c(Nc2c(Cl)cc(O)cc2Cl)c(CC(=O)OCC(=O)O)c1[2H]. The molecule has 0 amide bonds. The van der Waals surface area contributed by atoms with E-state index in [-0.39, 0.29) is 32.7 Å². The van der Waals surface area contributed by atoms with Crippen molar-refractivity contribution >= 4 is 46.5 Å². The molecule has 0 saturated heterocycles. The van der Waals surface area contributed by atoms with Gasteiger partial charge in [0.25, 0.3) is 0 Å². The number of anilines is 2. The molecule has 0 fully saturated rings. The largest absolute Gasteiger partial charge is 0.508 e. The normalized spacial score (nSPS) is 12.6.